The number of aromatic hydroxyl groups is 1. The SMILES string of the molecule is O=Cc1ccc(-c2ccc(S(=O)(=O)N3CCCC3)cc2)cc1O. The molecule has 5 nitrogen and oxygen atoms in total. The summed E-state index contributed by atoms with van der Waals surface area (Å²) in [6, 6.07) is 11.3. The maximum absolute atomic E-state index is 12.5. The number of sulfonamides is 1. The van der Waals surface area contributed by atoms with E-state index >= 15 is 0 Å². The first-order chi connectivity index (χ1) is 11.0. The molecule has 0 radical (unpaired) electrons. The quantitative estimate of drug-likeness (QED) is 0.874. The number of benzene rings is 2. The molecule has 3 rings (SSSR count). The van der Waals surface area contributed by atoms with E-state index in [2.05, 4.69) is 0 Å². The van der Waals surface area contributed by atoms with Gasteiger partial charge in [0.25, 0.3) is 0 Å². The number of hydrogen-bond acceptors (Lipinski definition) is 4. The molecule has 0 spiro atoms. The molecule has 1 saturated heterocycles. The van der Waals surface area contributed by atoms with Gasteiger partial charge in [0.15, 0.2) is 6.29 Å². The lowest BCUT2D eigenvalue weighted by Gasteiger charge is -2.15. The average molecular weight is 331 g/mol. The van der Waals surface area contributed by atoms with Gasteiger partial charge in [0.1, 0.15) is 5.75 Å². The Bertz CT molecular complexity index is 822. The Kier molecular flexibility index (Phi) is 4.19. The maximum Gasteiger partial charge on any atom is 0.243 e. The van der Waals surface area contributed by atoms with Gasteiger partial charge >= 0.3 is 0 Å². The van der Waals surface area contributed by atoms with Crippen LogP contribution in [0.1, 0.15) is 23.2 Å². The minimum Gasteiger partial charge on any atom is -0.507 e. The topological polar surface area (TPSA) is 74.7 Å². The van der Waals surface area contributed by atoms with Gasteiger partial charge < -0.3 is 5.11 Å². The monoisotopic (exact) mass is 331 g/mol. The molecule has 6 heteroatoms. The van der Waals surface area contributed by atoms with Crippen molar-refractivity contribution < 1.29 is 18.3 Å². The summed E-state index contributed by atoms with van der Waals surface area (Å²) in [6.07, 6.45) is 2.39. The fourth-order valence-corrected chi connectivity index (χ4v) is 4.24. The predicted molar refractivity (Wildman–Crippen MR) is 86.9 cm³/mol. The summed E-state index contributed by atoms with van der Waals surface area (Å²) in [7, 11) is -3.42. The Morgan fingerprint density at radius 2 is 1.57 bits per heavy atom. The van der Waals surface area contributed by atoms with Crippen LogP contribution in [0, 0.1) is 0 Å². The summed E-state index contributed by atoms with van der Waals surface area (Å²) in [4.78, 5) is 11.0. The lowest BCUT2D eigenvalue weighted by molar-refractivity contribution is 0.112. The van der Waals surface area contributed by atoms with Gasteiger partial charge in [-0.05, 0) is 48.2 Å². The first kappa shape index (κ1) is 15.7. The average Bonchev–Trinajstić information content (AvgIpc) is 3.10. The standard InChI is InChI=1S/C17H17NO4S/c19-12-15-4-3-14(11-17(15)20)13-5-7-16(8-6-13)23(21,22)18-9-1-2-10-18/h3-8,11-12,20H,1-2,9-10H2. The van der Waals surface area contributed by atoms with Gasteiger partial charge in [0.05, 0.1) is 10.5 Å². The van der Waals surface area contributed by atoms with E-state index in [4.69, 9.17) is 0 Å². The van der Waals surface area contributed by atoms with Crippen LogP contribution in [0.4, 0.5) is 0 Å². The molecule has 0 aromatic heterocycles. The van der Waals surface area contributed by atoms with Crippen LogP contribution in [0.2, 0.25) is 0 Å². The van der Waals surface area contributed by atoms with Crippen LogP contribution in [-0.2, 0) is 10.0 Å². The molecule has 0 saturated carbocycles. The van der Waals surface area contributed by atoms with E-state index in [1.165, 1.54) is 16.4 Å². The normalized spacial score (nSPS) is 15.7. The molecule has 120 valence electrons. The zero-order chi connectivity index (χ0) is 16.4. The highest BCUT2D eigenvalue weighted by Crippen LogP contribution is 2.28. The molecule has 1 aliphatic rings. The molecule has 2 aromatic rings. The maximum atomic E-state index is 12.5. The summed E-state index contributed by atoms with van der Waals surface area (Å²) in [5, 5.41) is 9.75. The van der Waals surface area contributed by atoms with Crippen molar-refractivity contribution in [2.24, 2.45) is 0 Å². The van der Waals surface area contributed by atoms with E-state index in [0.717, 1.165) is 24.0 Å². The van der Waals surface area contributed by atoms with Crippen molar-refractivity contribution in [3.8, 4) is 16.9 Å². The van der Waals surface area contributed by atoms with E-state index in [-0.39, 0.29) is 16.2 Å². The van der Waals surface area contributed by atoms with Crippen LogP contribution in [-0.4, -0.2) is 37.2 Å². The Hall–Kier alpha value is -2.18. The zero-order valence-electron chi connectivity index (χ0n) is 12.5. The number of nitrogens with zero attached hydrogens (tertiary/aromatic N) is 1. The molecule has 0 aliphatic carbocycles. The van der Waals surface area contributed by atoms with E-state index in [1.54, 1.807) is 30.3 Å². The first-order valence-corrected chi connectivity index (χ1v) is 8.85. The van der Waals surface area contributed by atoms with Crippen LogP contribution < -0.4 is 0 Å². The van der Waals surface area contributed by atoms with Crippen LogP contribution >= 0.6 is 0 Å². The second-order valence-corrected chi connectivity index (χ2v) is 7.46. The summed E-state index contributed by atoms with van der Waals surface area (Å²) in [5.41, 5.74) is 1.72. The second-order valence-electron chi connectivity index (χ2n) is 5.53. The summed E-state index contributed by atoms with van der Waals surface area (Å²) in [5.74, 6) is -0.0914. The lowest BCUT2D eigenvalue weighted by atomic mass is 10.0. The third kappa shape index (κ3) is 3.00. The van der Waals surface area contributed by atoms with Crippen molar-refractivity contribution in [2.75, 3.05) is 13.1 Å². The first-order valence-electron chi connectivity index (χ1n) is 7.41. The van der Waals surface area contributed by atoms with E-state index in [1.807, 2.05) is 0 Å². The number of carbonyl (C=O) groups excluding carboxylic acids is 1. The van der Waals surface area contributed by atoms with Crippen LogP contribution in [0.25, 0.3) is 11.1 Å². The van der Waals surface area contributed by atoms with Gasteiger partial charge in [-0.25, -0.2) is 8.42 Å². The minimum atomic E-state index is -3.42. The fraction of sp³-hybridized carbons (Fsp3) is 0.235. The number of hydrogen-bond donors (Lipinski definition) is 1. The highest BCUT2D eigenvalue weighted by atomic mass is 32.2. The fourth-order valence-electron chi connectivity index (χ4n) is 2.72. The van der Waals surface area contributed by atoms with Gasteiger partial charge in [-0.1, -0.05) is 18.2 Å². The van der Waals surface area contributed by atoms with Crippen LogP contribution in [0.3, 0.4) is 0 Å². The van der Waals surface area contributed by atoms with Crippen molar-refractivity contribution in [3.05, 3.63) is 48.0 Å². The second kappa shape index (κ2) is 6.14. The zero-order valence-corrected chi connectivity index (χ0v) is 13.3. The largest absolute Gasteiger partial charge is 0.507 e. The predicted octanol–water partition coefficient (Wildman–Crippen LogP) is 2.66. The third-order valence-corrected chi connectivity index (χ3v) is 5.96. The molecule has 1 N–H and O–H groups in total. The van der Waals surface area contributed by atoms with Crippen LogP contribution in [0.5, 0.6) is 5.75 Å². The van der Waals surface area contributed by atoms with E-state index < -0.39 is 10.0 Å². The minimum absolute atomic E-state index is 0.0914. The van der Waals surface area contributed by atoms with Crippen molar-refractivity contribution in [2.45, 2.75) is 17.7 Å². The third-order valence-electron chi connectivity index (χ3n) is 4.05. The molecule has 1 fully saturated rings. The number of rotatable bonds is 4. The molecule has 0 amide bonds. The van der Waals surface area contributed by atoms with Gasteiger partial charge in [-0.2, -0.15) is 4.31 Å². The lowest BCUT2D eigenvalue weighted by Crippen LogP contribution is -2.27. The molecular formula is C17H17NO4S. The van der Waals surface area contributed by atoms with Crippen molar-refractivity contribution >= 4 is 16.3 Å². The molecular weight excluding hydrogens is 314 g/mol. The molecule has 23 heavy (non-hydrogen) atoms. The number of phenolic OH excluding ortho intramolecular Hbond substituents is 1. The molecule has 0 unspecified atom stereocenters. The number of aldehydes is 1. The Labute approximate surface area is 135 Å². The molecule has 1 aliphatic heterocycles. The van der Waals surface area contributed by atoms with E-state index in [9.17, 15) is 18.3 Å². The molecule has 2 aromatic carbocycles. The van der Waals surface area contributed by atoms with E-state index in [0.29, 0.717) is 19.4 Å². The van der Waals surface area contributed by atoms with Gasteiger partial charge in [-0.15, -0.1) is 0 Å². The molecule has 0 bridgehead atoms. The van der Waals surface area contributed by atoms with Crippen molar-refractivity contribution in [1.82, 2.24) is 4.31 Å². The molecule has 1 heterocycles. The number of phenols is 1. The Morgan fingerprint density at radius 1 is 0.957 bits per heavy atom. The van der Waals surface area contributed by atoms with Crippen LogP contribution in [0.15, 0.2) is 47.4 Å². The van der Waals surface area contributed by atoms with Gasteiger partial charge in [0.2, 0.25) is 10.0 Å². The van der Waals surface area contributed by atoms with Crippen molar-refractivity contribution in [1.29, 1.82) is 0 Å². The highest BCUT2D eigenvalue weighted by Gasteiger charge is 2.26. The molecule has 0 atom stereocenters. The van der Waals surface area contributed by atoms with Crippen molar-refractivity contribution in [3.63, 3.8) is 0 Å². The summed E-state index contributed by atoms with van der Waals surface area (Å²) >= 11 is 0. The Balaban J connectivity index is 1.90. The Morgan fingerprint density at radius 3 is 2.13 bits per heavy atom. The van der Waals surface area contributed by atoms with Gasteiger partial charge in [0, 0.05) is 13.1 Å². The van der Waals surface area contributed by atoms with Gasteiger partial charge in [-0.3, -0.25) is 4.79 Å². The highest BCUT2D eigenvalue weighted by molar-refractivity contribution is 7.89. The summed E-state index contributed by atoms with van der Waals surface area (Å²) < 4.78 is 26.4. The smallest absolute Gasteiger partial charge is 0.243 e. The summed E-state index contributed by atoms with van der Waals surface area (Å²) in [6.45, 7) is 1.15. The number of carbonyl (C=O) groups is 1.